The minimum absolute atomic E-state index is 0.0194. The standard InChI is InChI=1S/C13H16N4O3/c1-3-16(4-2)13(18)9-15-11-6-5-10(8-14)7-12(11)17(19)20/h5-7,15H,3-4,9H2,1-2H3. The van der Waals surface area contributed by atoms with Gasteiger partial charge in [-0.15, -0.1) is 0 Å². The molecule has 0 fully saturated rings. The molecular weight excluding hydrogens is 260 g/mol. The van der Waals surface area contributed by atoms with Gasteiger partial charge in [-0.2, -0.15) is 5.26 Å². The highest BCUT2D eigenvalue weighted by Gasteiger charge is 2.16. The number of hydrogen-bond acceptors (Lipinski definition) is 5. The third-order valence-corrected chi connectivity index (χ3v) is 2.87. The van der Waals surface area contributed by atoms with Gasteiger partial charge in [0.25, 0.3) is 5.69 Å². The van der Waals surface area contributed by atoms with Crippen LogP contribution in [0.3, 0.4) is 0 Å². The van der Waals surface area contributed by atoms with E-state index in [1.807, 2.05) is 19.9 Å². The number of carbonyl (C=O) groups is 1. The summed E-state index contributed by atoms with van der Waals surface area (Å²) >= 11 is 0. The van der Waals surface area contributed by atoms with Crippen molar-refractivity contribution in [1.82, 2.24) is 4.90 Å². The number of likely N-dealkylation sites (N-methyl/N-ethyl adjacent to an activating group) is 1. The number of anilines is 1. The number of hydrogen-bond donors (Lipinski definition) is 1. The van der Waals surface area contributed by atoms with E-state index in [1.54, 1.807) is 4.90 Å². The summed E-state index contributed by atoms with van der Waals surface area (Å²) in [6.07, 6.45) is 0. The Morgan fingerprint density at radius 3 is 2.60 bits per heavy atom. The second-order valence-corrected chi connectivity index (χ2v) is 4.02. The van der Waals surface area contributed by atoms with E-state index in [2.05, 4.69) is 5.32 Å². The van der Waals surface area contributed by atoms with Gasteiger partial charge in [-0.25, -0.2) is 0 Å². The van der Waals surface area contributed by atoms with Crippen molar-refractivity contribution in [3.8, 4) is 6.07 Å². The van der Waals surface area contributed by atoms with E-state index in [4.69, 9.17) is 5.26 Å². The SMILES string of the molecule is CCN(CC)C(=O)CNc1ccc(C#N)cc1[N+](=O)[O-]. The number of nitrogens with one attached hydrogen (secondary N) is 1. The van der Waals surface area contributed by atoms with E-state index < -0.39 is 4.92 Å². The monoisotopic (exact) mass is 276 g/mol. The number of carbonyl (C=O) groups excluding carboxylic acids is 1. The first-order chi connectivity index (χ1) is 9.53. The molecule has 1 rings (SSSR count). The molecule has 1 aromatic carbocycles. The van der Waals surface area contributed by atoms with Crippen LogP contribution in [0.2, 0.25) is 0 Å². The summed E-state index contributed by atoms with van der Waals surface area (Å²) in [7, 11) is 0. The van der Waals surface area contributed by atoms with E-state index in [0.717, 1.165) is 0 Å². The summed E-state index contributed by atoms with van der Waals surface area (Å²) < 4.78 is 0. The lowest BCUT2D eigenvalue weighted by Gasteiger charge is -2.19. The smallest absolute Gasteiger partial charge is 0.293 e. The average Bonchev–Trinajstić information content (AvgIpc) is 2.46. The van der Waals surface area contributed by atoms with Gasteiger partial charge in [-0.05, 0) is 26.0 Å². The van der Waals surface area contributed by atoms with Gasteiger partial charge in [0.15, 0.2) is 0 Å². The van der Waals surface area contributed by atoms with Crippen LogP contribution in [-0.4, -0.2) is 35.4 Å². The first-order valence-corrected chi connectivity index (χ1v) is 6.23. The molecule has 0 heterocycles. The second-order valence-electron chi connectivity index (χ2n) is 4.02. The van der Waals surface area contributed by atoms with Gasteiger partial charge in [0.1, 0.15) is 5.69 Å². The molecule has 7 nitrogen and oxygen atoms in total. The van der Waals surface area contributed by atoms with Crippen LogP contribution >= 0.6 is 0 Å². The minimum Gasteiger partial charge on any atom is -0.371 e. The number of nitriles is 1. The van der Waals surface area contributed by atoms with Crippen LogP contribution in [0.15, 0.2) is 18.2 Å². The Hall–Kier alpha value is -2.62. The van der Waals surface area contributed by atoms with Gasteiger partial charge >= 0.3 is 0 Å². The summed E-state index contributed by atoms with van der Waals surface area (Å²) in [4.78, 5) is 23.8. The fourth-order valence-corrected chi connectivity index (χ4v) is 1.76. The molecule has 1 aromatic rings. The van der Waals surface area contributed by atoms with Crippen molar-refractivity contribution in [3.05, 3.63) is 33.9 Å². The van der Waals surface area contributed by atoms with Gasteiger partial charge in [-0.3, -0.25) is 14.9 Å². The molecule has 0 unspecified atom stereocenters. The van der Waals surface area contributed by atoms with Gasteiger partial charge in [-0.1, -0.05) is 0 Å². The van der Waals surface area contributed by atoms with E-state index in [9.17, 15) is 14.9 Å². The highest BCUT2D eigenvalue weighted by molar-refractivity contribution is 5.82. The molecular formula is C13H16N4O3. The van der Waals surface area contributed by atoms with Crippen molar-refractivity contribution in [2.75, 3.05) is 25.0 Å². The van der Waals surface area contributed by atoms with Crippen molar-refractivity contribution in [2.24, 2.45) is 0 Å². The quantitative estimate of drug-likeness (QED) is 0.630. The Balaban J connectivity index is 2.85. The van der Waals surface area contributed by atoms with E-state index in [0.29, 0.717) is 13.1 Å². The van der Waals surface area contributed by atoms with Gasteiger partial charge in [0.05, 0.1) is 23.1 Å². The summed E-state index contributed by atoms with van der Waals surface area (Å²) in [6, 6.07) is 5.93. The van der Waals surface area contributed by atoms with Crippen LogP contribution in [0.25, 0.3) is 0 Å². The van der Waals surface area contributed by atoms with Crippen LogP contribution in [0, 0.1) is 21.4 Å². The summed E-state index contributed by atoms with van der Waals surface area (Å²) in [5.74, 6) is -0.131. The van der Waals surface area contributed by atoms with Crippen molar-refractivity contribution < 1.29 is 9.72 Å². The number of nitro groups is 1. The molecule has 0 spiro atoms. The molecule has 0 aliphatic carbocycles. The van der Waals surface area contributed by atoms with E-state index in [1.165, 1.54) is 18.2 Å². The van der Waals surface area contributed by atoms with Crippen molar-refractivity contribution in [1.29, 1.82) is 5.26 Å². The minimum atomic E-state index is -0.578. The first-order valence-electron chi connectivity index (χ1n) is 6.23. The first kappa shape index (κ1) is 15.4. The maximum Gasteiger partial charge on any atom is 0.293 e. The Bertz CT molecular complexity index is 547. The molecule has 1 amide bonds. The van der Waals surface area contributed by atoms with Crippen LogP contribution in [-0.2, 0) is 4.79 Å². The molecule has 1 N–H and O–H groups in total. The van der Waals surface area contributed by atoms with Crippen molar-refractivity contribution in [3.63, 3.8) is 0 Å². The van der Waals surface area contributed by atoms with Crippen molar-refractivity contribution >= 4 is 17.3 Å². The molecule has 0 atom stereocenters. The Morgan fingerprint density at radius 1 is 1.45 bits per heavy atom. The number of benzene rings is 1. The van der Waals surface area contributed by atoms with Gasteiger partial charge < -0.3 is 10.2 Å². The highest BCUT2D eigenvalue weighted by Crippen LogP contribution is 2.25. The fourth-order valence-electron chi connectivity index (χ4n) is 1.76. The largest absolute Gasteiger partial charge is 0.371 e. The lowest BCUT2D eigenvalue weighted by Crippen LogP contribution is -2.35. The molecule has 0 radical (unpaired) electrons. The zero-order valence-electron chi connectivity index (χ0n) is 11.4. The Labute approximate surface area is 117 Å². The molecule has 0 saturated heterocycles. The molecule has 106 valence electrons. The topological polar surface area (TPSA) is 99.3 Å². The highest BCUT2D eigenvalue weighted by atomic mass is 16.6. The average molecular weight is 276 g/mol. The molecule has 0 bridgehead atoms. The maximum atomic E-state index is 11.8. The fraction of sp³-hybridized carbons (Fsp3) is 0.385. The predicted octanol–water partition coefficient (Wildman–Crippen LogP) is 1.75. The Kier molecular flexibility index (Phi) is 5.47. The van der Waals surface area contributed by atoms with Crippen LogP contribution in [0.5, 0.6) is 0 Å². The molecule has 0 aliphatic rings. The summed E-state index contributed by atoms with van der Waals surface area (Å²) in [6.45, 7) is 4.89. The van der Waals surface area contributed by atoms with Crippen LogP contribution in [0.1, 0.15) is 19.4 Å². The molecule has 20 heavy (non-hydrogen) atoms. The lowest BCUT2D eigenvalue weighted by molar-refractivity contribution is -0.384. The van der Waals surface area contributed by atoms with Crippen LogP contribution < -0.4 is 5.32 Å². The zero-order valence-corrected chi connectivity index (χ0v) is 11.4. The summed E-state index contributed by atoms with van der Waals surface area (Å²) in [5, 5.41) is 22.4. The molecule has 7 heteroatoms. The normalized spacial score (nSPS) is 9.65. The third-order valence-electron chi connectivity index (χ3n) is 2.87. The number of nitrogens with zero attached hydrogens (tertiary/aromatic N) is 3. The molecule has 0 aromatic heterocycles. The maximum absolute atomic E-state index is 11.8. The van der Waals surface area contributed by atoms with Crippen LogP contribution in [0.4, 0.5) is 11.4 Å². The molecule has 0 saturated carbocycles. The number of rotatable bonds is 6. The lowest BCUT2D eigenvalue weighted by atomic mass is 10.2. The van der Waals surface area contributed by atoms with Gasteiger partial charge in [0, 0.05) is 19.2 Å². The number of amides is 1. The van der Waals surface area contributed by atoms with Crippen molar-refractivity contribution in [2.45, 2.75) is 13.8 Å². The summed E-state index contributed by atoms with van der Waals surface area (Å²) in [5.41, 5.74) is 0.225. The Morgan fingerprint density at radius 2 is 2.10 bits per heavy atom. The van der Waals surface area contributed by atoms with Gasteiger partial charge in [0.2, 0.25) is 5.91 Å². The molecule has 0 aliphatic heterocycles. The third kappa shape index (κ3) is 3.68. The second kappa shape index (κ2) is 7.09. The predicted molar refractivity (Wildman–Crippen MR) is 74.2 cm³/mol. The number of nitro benzene ring substituents is 1. The van der Waals surface area contributed by atoms with E-state index in [-0.39, 0.29) is 29.4 Å². The zero-order chi connectivity index (χ0) is 15.1. The van der Waals surface area contributed by atoms with E-state index >= 15 is 0 Å².